The summed E-state index contributed by atoms with van der Waals surface area (Å²) in [7, 11) is 1.42. The van der Waals surface area contributed by atoms with Gasteiger partial charge >= 0.3 is 5.97 Å². The van der Waals surface area contributed by atoms with Gasteiger partial charge in [0.1, 0.15) is 17.5 Å². The summed E-state index contributed by atoms with van der Waals surface area (Å²) in [5.74, 6) is 0.571. The van der Waals surface area contributed by atoms with E-state index < -0.39 is 0 Å². The monoisotopic (exact) mass is 399 g/mol. The highest BCUT2D eigenvalue weighted by molar-refractivity contribution is 6.34. The Kier molecular flexibility index (Phi) is 5.50. The summed E-state index contributed by atoms with van der Waals surface area (Å²) < 4.78 is 12.5. The number of hydrogen-bond acceptors (Lipinski definition) is 5. The third kappa shape index (κ3) is 3.84. The van der Waals surface area contributed by atoms with Gasteiger partial charge < -0.3 is 9.47 Å². The lowest BCUT2D eigenvalue weighted by Gasteiger charge is -2.23. The molecule has 0 radical (unpaired) electrons. The van der Waals surface area contributed by atoms with Crippen LogP contribution in [0.25, 0.3) is 16.6 Å². The zero-order chi connectivity index (χ0) is 19.5. The van der Waals surface area contributed by atoms with Crippen LogP contribution in [-0.2, 0) is 9.53 Å². The fourth-order valence-electron chi connectivity index (χ4n) is 3.57. The molecular weight excluding hydrogens is 378 g/mol. The number of benzene rings is 2. The third-order valence-electron chi connectivity index (χ3n) is 5.10. The predicted octanol–water partition coefficient (Wildman–Crippen LogP) is 3.70. The van der Waals surface area contributed by atoms with Crippen molar-refractivity contribution in [2.24, 2.45) is 0 Å². The van der Waals surface area contributed by atoms with Gasteiger partial charge in [0.05, 0.1) is 24.9 Å². The van der Waals surface area contributed by atoms with Gasteiger partial charge in [0.15, 0.2) is 0 Å². The minimum atomic E-state index is -0.209. The average Bonchev–Trinajstić information content (AvgIpc) is 3.31. The van der Waals surface area contributed by atoms with Gasteiger partial charge in [-0.25, -0.2) is 4.68 Å². The third-order valence-corrected chi connectivity index (χ3v) is 5.47. The van der Waals surface area contributed by atoms with Gasteiger partial charge in [-0.3, -0.25) is 9.69 Å². The molecule has 28 heavy (non-hydrogen) atoms. The quantitative estimate of drug-likeness (QED) is 0.591. The molecule has 0 saturated carbocycles. The first-order chi connectivity index (χ1) is 13.7. The topological polar surface area (TPSA) is 56.6 Å². The molecule has 4 rings (SSSR count). The molecule has 1 atom stereocenters. The molecule has 0 aliphatic carbocycles. The smallest absolute Gasteiger partial charge is 0.319 e. The first-order valence-electron chi connectivity index (χ1n) is 9.33. The summed E-state index contributed by atoms with van der Waals surface area (Å²) in [4.78, 5) is 13.6. The molecule has 1 aliphatic heterocycles. The lowest BCUT2D eigenvalue weighted by molar-refractivity contribution is -0.142. The maximum atomic E-state index is 11.5. The van der Waals surface area contributed by atoms with Crippen molar-refractivity contribution < 1.29 is 14.3 Å². The van der Waals surface area contributed by atoms with Crippen molar-refractivity contribution in [3.8, 4) is 11.4 Å². The van der Waals surface area contributed by atoms with Crippen molar-refractivity contribution in [2.75, 3.05) is 26.8 Å². The standard InChI is InChI=1S/C21H22ClN3O3/c1-27-20(26)13-24-12-4-5-16(24)14-28-17-10-8-15(9-11-17)25-21(22)18-6-2-3-7-19(18)23-25/h2-3,6-11,16H,4-5,12-14H2,1H3. The number of carbonyl (C=O) groups excluding carboxylic acids is 1. The van der Waals surface area contributed by atoms with Crippen LogP contribution >= 0.6 is 11.6 Å². The van der Waals surface area contributed by atoms with E-state index in [1.54, 1.807) is 4.68 Å². The Bertz CT molecular complexity index is 971. The van der Waals surface area contributed by atoms with Gasteiger partial charge in [0.2, 0.25) is 0 Å². The molecule has 7 heteroatoms. The first-order valence-corrected chi connectivity index (χ1v) is 9.71. The van der Waals surface area contributed by atoms with Crippen LogP contribution in [0.5, 0.6) is 5.75 Å². The van der Waals surface area contributed by atoms with Gasteiger partial charge in [-0.2, -0.15) is 5.10 Å². The molecule has 6 nitrogen and oxygen atoms in total. The normalized spacial score (nSPS) is 17.1. The molecule has 3 aromatic rings. The molecule has 1 aromatic heterocycles. The van der Waals surface area contributed by atoms with E-state index >= 15 is 0 Å². The van der Waals surface area contributed by atoms with Crippen LogP contribution in [0.4, 0.5) is 0 Å². The minimum absolute atomic E-state index is 0.209. The van der Waals surface area contributed by atoms with Gasteiger partial charge in [0.25, 0.3) is 0 Å². The highest BCUT2D eigenvalue weighted by Crippen LogP contribution is 2.27. The maximum Gasteiger partial charge on any atom is 0.319 e. The minimum Gasteiger partial charge on any atom is -0.492 e. The molecule has 0 N–H and O–H groups in total. The van der Waals surface area contributed by atoms with Crippen molar-refractivity contribution in [1.29, 1.82) is 0 Å². The number of esters is 1. The number of fused-ring (bicyclic) bond motifs is 1. The second-order valence-electron chi connectivity index (χ2n) is 6.87. The number of methoxy groups -OCH3 is 1. The van der Waals surface area contributed by atoms with Crippen molar-refractivity contribution in [1.82, 2.24) is 14.7 Å². The Morgan fingerprint density at radius 3 is 2.75 bits per heavy atom. The van der Waals surface area contributed by atoms with E-state index in [9.17, 15) is 4.79 Å². The van der Waals surface area contributed by atoms with E-state index in [0.717, 1.165) is 41.7 Å². The molecule has 1 unspecified atom stereocenters. The highest BCUT2D eigenvalue weighted by atomic mass is 35.5. The molecule has 2 aromatic carbocycles. The lowest BCUT2D eigenvalue weighted by Crippen LogP contribution is -2.38. The summed E-state index contributed by atoms with van der Waals surface area (Å²) in [5, 5.41) is 6.08. The van der Waals surface area contributed by atoms with Gasteiger partial charge in [-0.05, 0) is 55.8 Å². The van der Waals surface area contributed by atoms with Crippen molar-refractivity contribution in [2.45, 2.75) is 18.9 Å². The maximum absolute atomic E-state index is 11.5. The summed E-state index contributed by atoms with van der Waals surface area (Å²) in [6.07, 6.45) is 2.08. The highest BCUT2D eigenvalue weighted by Gasteiger charge is 2.27. The number of ether oxygens (including phenoxy) is 2. The van der Waals surface area contributed by atoms with Gasteiger partial charge in [-0.1, -0.05) is 23.7 Å². The second kappa shape index (κ2) is 8.20. The van der Waals surface area contributed by atoms with E-state index in [2.05, 4.69) is 10.00 Å². The van der Waals surface area contributed by atoms with Crippen LogP contribution in [0, 0.1) is 0 Å². The van der Waals surface area contributed by atoms with Gasteiger partial charge in [-0.15, -0.1) is 0 Å². The van der Waals surface area contributed by atoms with Crippen LogP contribution in [0.2, 0.25) is 5.15 Å². The van der Waals surface area contributed by atoms with Crippen LogP contribution in [0.1, 0.15) is 12.8 Å². The van der Waals surface area contributed by atoms with Crippen molar-refractivity contribution in [3.05, 3.63) is 53.7 Å². The average molecular weight is 400 g/mol. The summed E-state index contributed by atoms with van der Waals surface area (Å²) in [6, 6.07) is 15.7. The van der Waals surface area contributed by atoms with E-state index in [-0.39, 0.29) is 12.0 Å². The molecule has 0 bridgehead atoms. The SMILES string of the molecule is COC(=O)CN1CCCC1COc1ccc(-n2nc3ccccc3c2Cl)cc1. The molecule has 0 amide bonds. The number of likely N-dealkylation sites (tertiary alicyclic amines) is 1. The number of nitrogens with zero attached hydrogens (tertiary/aromatic N) is 3. The Morgan fingerprint density at radius 2 is 2.00 bits per heavy atom. The zero-order valence-electron chi connectivity index (χ0n) is 15.7. The predicted molar refractivity (Wildman–Crippen MR) is 108 cm³/mol. The zero-order valence-corrected chi connectivity index (χ0v) is 16.4. The van der Waals surface area contributed by atoms with E-state index in [1.165, 1.54) is 7.11 Å². The van der Waals surface area contributed by atoms with Crippen LogP contribution in [0.3, 0.4) is 0 Å². The van der Waals surface area contributed by atoms with Crippen molar-refractivity contribution in [3.63, 3.8) is 0 Å². The number of rotatable bonds is 6. The lowest BCUT2D eigenvalue weighted by atomic mass is 10.2. The fraction of sp³-hybridized carbons (Fsp3) is 0.333. The molecule has 2 heterocycles. The van der Waals surface area contributed by atoms with Crippen LogP contribution < -0.4 is 4.74 Å². The Hall–Kier alpha value is -2.57. The largest absolute Gasteiger partial charge is 0.492 e. The number of aromatic nitrogens is 2. The van der Waals surface area contributed by atoms with Crippen LogP contribution in [-0.4, -0.2) is 53.5 Å². The molecule has 1 aliphatic rings. The number of hydrogen-bond donors (Lipinski definition) is 0. The Labute approximate surface area is 168 Å². The summed E-state index contributed by atoms with van der Waals surface area (Å²) in [6.45, 7) is 1.75. The van der Waals surface area contributed by atoms with Crippen LogP contribution in [0.15, 0.2) is 48.5 Å². The summed E-state index contributed by atoms with van der Waals surface area (Å²) >= 11 is 6.47. The Balaban J connectivity index is 1.42. The second-order valence-corrected chi connectivity index (χ2v) is 7.23. The van der Waals surface area contributed by atoms with E-state index in [4.69, 9.17) is 21.1 Å². The molecule has 1 saturated heterocycles. The molecular formula is C21H22ClN3O3. The van der Waals surface area contributed by atoms with Crippen molar-refractivity contribution >= 4 is 28.5 Å². The Morgan fingerprint density at radius 1 is 1.21 bits per heavy atom. The van der Waals surface area contributed by atoms with E-state index in [1.807, 2.05) is 48.5 Å². The molecule has 1 fully saturated rings. The van der Waals surface area contributed by atoms with E-state index in [0.29, 0.717) is 18.3 Å². The number of halogens is 1. The number of carbonyl (C=O) groups is 1. The first kappa shape index (κ1) is 18.8. The molecule has 146 valence electrons. The van der Waals surface area contributed by atoms with Gasteiger partial charge in [0, 0.05) is 11.4 Å². The summed E-state index contributed by atoms with van der Waals surface area (Å²) in [5.41, 5.74) is 1.74. The fourth-order valence-corrected chi connectivity index (χ4v) is 3.87. The molecule has 0 spiro atoms.